The molecule has 0 radical (unpaired) electrons. The van der Waals surface area contributed by atoms with Gasteiger partial charge < -0.3 is 10.2 Å². The van der Waals surface area contributed by atoms with E-state index in [1.165, 1.54) is 0 Å². The Bertz CT molecular complexity index is 457. The fourth-order valence-corrected chi connectivity index (χ4v) is 2.48. The zero-order valence-corrected chi connectivity index (χ0v) is 12.5. The van der Waals surface area contributed by atoms with E-state index in [9.17, 15) is 0 Å². The molecule has 0 bridgehead atoms. The molecule has 0 fully saturated rings. The molecule has 0 unspecified atom stereocenters. The highest BCUT2D eigenvalue weighted by Gasteiger charge is 2.21. The van der Waals surface area contributed by atoms with Crippen molar-refractivity contribution in [1.29, 1.82) is 0 Å². The van der Waals surface area contributed by atoms with Crippen LogP contribution in [0.4, 0.5) is 5.82 Å². The molecule has 0 aliphatic carbocycles. The third-order valence-corrected chi connectivity index (χ3v) is 3.65. The predicted octanol–water partition coefficient (Wildman–Crippen LogP) is 2.98. The Morgan fingerprint density at radius 1 is 1.32 bits per heavy atom. The van der Waals surface area contributed by atoms with Crippen molar-refractivity contribution in [3.63, 3.8) is 0 Å². The summed E-state index contributed by atoms with van der Waals surface area (Å²) in [5.41, 5.74) is 2.97. The second kappa shape index (κ2) is 5.74. The van der Waals surface area contributed by atoms with E-state index in [4.69, 9.17) is 4.98 Å². The summed E-state index contributed by atoms with van der Waals surface area (Å²) in [5, 5.41) is 3.15. The summed E-state index contributed by atoms with van der Waals surface area (Å²) in [7, 11) is 1.95. The van der Waals surface area contributed by atoms with Gasteiger partial charge in [-0.3, -0.25) is 0 Å². The summed E-state index contributed by atoms with van der Waals surface area (Å²) < 4.78 is 0. The maximum atomic E-state index is 4.71. The van der Waals surface area contributed by atoms with E-state index in [0.29, 0.717) is 5.41 Å². The molecule has 3 nitrogen and oxygen atoms in total. The van der Waals surface area contributed by atoms with Gasteiger partial charge in [0.1, 0.15) is 5.82 Å². The summed E-state index contributed by atoms with van der Waals surface area (Å²) in [4.78, 5) is 7.06. The van der Waals surface area contributed by atoms with E-state index >= 15 is 0 Å². The van der Waals surface area contributed by atoms with Crippen molar-refractivity contribution in [3.05, 3.63) is 35.5 Å². The van der Waals surface area contributed by atoms with Gasteiger partial charge in [-0.25, -0.2) is 4.98 Å². The Morgan fingerprint density at radius 3 is 2.68 bits per heavy atom. The lowest BCUT2D eigenvalue weighted by Crippen LogP contribution is -2.32. The van der Waals surface area contributed by atoms with Gasteiger partial charge in [-0.15, -0.1) is 0 Å². The lowest BCUT2D eigenvalue weighted by molar-refractivity contribution is 0.472. The van der Waals surface area contributed by atoms with Crippen LogP contribution >= 0.6 is 0 Å². The Hall–Kier alpha value is -1.35. The average Bonchev–Trinajstić information content (AvgIpc) is 2.39. The Kier molecular flexibility index (Phi) is 4.25. The SMILES string of the molecule is CNCc1cccc(N2CC=C(C(C)(C)C)CC2)n1. The van der Waals surface area contributed by atoms with E-state index < -0.39 is 0 Å². The van der Waals surface area contributed by atoms with Gasteiger partial charge >= 0.3 is 0 Å². The van der Waals surface area contributed by atoms with Crippen LogP contribution in [0.25, 0.3) is 0 Å². The molecule has 104 valence electrons. The van der Waals surface area contributed by atoms with Gasteiger partial charge in [-0.05, 0) is 31.0 Å². The first-order chi connectivity index (χ1) is 9.00. The molecule has 1 aliphatic heterocycles. The van der Waals surface area contributed by atoms with Crippen LogP contribution in [0, 0.1) is 5.41 Å². The molecule has 3 heteroatoms. The highest BCUT2D eigenvalue weighted by atomic mass is 15.2. The van der Waals surface area contributed by atoms with Crippen LogP contribution in [0.1, 0.15) is 32.9 Å². The number of rotatable bonds is 3. The third-order valence-electron chi connectivity index (χ3n) is 3.65. The van der Waals surface area contributed by atoms with Crippen molar-refractivity contribution in [2.24, 2.45) is 5.41 Å². The zero-order chi connectivity index (χ0) is 13.9. The maximum Gasteiger partial charge on any atom is 0.129 e. The quantitative estimate of drug-likeness (QED) is 0.846. The number of nitrogens with zero attached hydrogens (tertiary/aromatic N) is 2. The van der Waals surface area contributed by atoms with Crippen molar-refractivity contribution in [1.82, 2.24) is 10.3 Å². The molecule has 19 heavy (non-hydrogen) atoms. The molecule has 2 heterocycles. The zero-order valence-electron chi connectivity index (χ0n) is 12.5. The number of aromatic nitrogens is 1. The van der Waals surface area contributed by atoms with Gasteiger partial charge in [0.05, 0.1) is 5.69 Å². The summed E-state index contributed by atoms with van der Waals surface area (Å²) in [5.74, 6) is 1.09. The number of hydrogen-bond acceptors (Lipinski definition) is 3. The minimum Gasteiger partial charge on any atom is -0.353 e. The first-order valence-electron chi connectivity index (χ1n) is 7.05. The molecule has 2 rings (SSSR count). The molecule has 1 aromatic rings. The monoisotopic (exact) mass is 259 g/mol. The largest absolute Gasteiger partial charge is 0.353 e. The maximum absolute atomic E-state index is 4.71. The molecule has 0 aromatic carbocycles. The van der Waals surface area contributed by atoms with E-state index in [0.717, 1.165) is 37.6 Å². The van der Waals surface area contributed by atoms with E-state index in [1.807, 2.05) is 7.05 Å². The van der Waals surface area contributed by atoms with Crippen LogP contribution in [-0.4, -0.2) is 25.1 Å². The molecule has 0 amide bonds. The topological polar surface area (TPSA) is 28.2 Å². The second-order valence-corrected chi connectivity index (χ2v) is 6.19. The van der Waals surface area contributed by atoms with Crippen molar-refractivity contribution in [3.8, 4) is 0 Å². The van der Waals surface area contributed by atoms with Crippen LogP contribution in [0.5, 0.6) is 0 Å². The van der Waals surface area contributed by atoms with Crippen molar-refractivity contribution < 1.29 is 0 Å². The molecule has 0 atom stereocenters. The van der Waals surface area contributed by atoms with E-state index in [1.54, 1.807) is 5.57 Å². The van der Waals surface area contributed by atoms with Gasteiger partial charge in [0.15, 0.2) is 0 Å². The third kappa shape index (κ3) is 3.57. The Balaban J connectivity index is 2.09. The normalized spacial score (nSPS) is 16.4. The van der Waals surface area contributed by atoms with Crippen LogP contribution < -0.4 is 10.2 Å². The summed E-state index contributed by atoms with van der Waals surface area (Å²) >= 11 is 0. The number of nitrogens with one attached hydrogen (secondary N) is 1. The fourth-order valence-electron chi connectivity index (χ4n) is 2.48. The lowest BCUT2D eigenvalue weighted by atomic mass is 9.83. The van der Waals surface area contributed by atoms with Gasteiger partial charge in [-0.1, -0.05) is 38.5 Å². The first kappa shape index (κ1) is 14.1. The Labute approximate surface area is 116 Å². The highest BCUT2D eigenvalue weighted by Crippen LogP contribution is 2.31. The molecule has 0 saturated heterocycles. The van der Waals surface area contributed by atoms with Crippen molar-refractivity contribution in [2.75, 3.05) is 25.0 Å². The van der Waals surface area contributed by atoms with Crippen molar-refractivity contribution >= 4 is 5.82 Å². The number of hydrogen-bond donors (Lipinski definition) is 1. The fraction of sp³-hybridized carbons (Fsp3) is 0.562. The van der Waals surface area contributed by atoms with Crippen molar-refractivity contribution in [2.45, 2.75) is 33.7 Å². The molecule has 1 aliphatic rings. The minimum absolute atomic E-state index is 0.299. The average molecular weight is 259 g/mol. The van der Waals surface area contributed by atoms with Gasteiger partial charge in [-0.2, -0.15) is 0 Å². The van der Waals surface area contributed by atoms with E-state index in [2.05, 4.69) is 55.3 Å². The lowest BCUT2D eigenvalue weighted by Gasteiger charge is -2.33. The minimum atomic E-state index is 0.299. The summed E-state index contributed by atoms with van der Waals surface area (Å²) in [6.45, 7) is 9.74. The molecular weight excluding hydrogens is 234 g/mol. The van der Waals surface area contributed by atoms with Gasteiger partial charge in [0.2, 0.25) is 0 Å². The van der Waals surface area contributed by atoms with Crippen LogP contribution in [0.3, 0.4) is 0 Å². The smallest absolute Gasteiger partial charge is 0.129 e. The molecular formula is C16H25N3. The standard InChI is InChI=1S/C16H25N3/c1-16(2,3)13-8-10-19(11-9-13)15-7-5-6-14(18-15)12-17-4/h5-8,17H,9-12H2,1-4H3. The second-order valence-electron chi connectivity index (χ2n) is 6.19. The molecule has 0 saturated carbocycles. The van der Waals surface area contributed by atoms with Gasteiger partial charge in [0.25, 0.3) is 0 Å². The van der Waals surface area contributed by atoms with Crippen LogP contribution in [0.2, 0.25) is 0 Å². The first-order valence-corrected chi connectivity index (χ1v) is 7.05. The molecule has 1 aromatic heterocycles. The van der Waals surface area contributed by atoms with E-state index in [-0.39, 0.29) is 0 Å². The van der Waals surface area contributed by atoms with Crippen LogP contribution in [0.15, 0.2) is 29.8 Å². The number of pyridine rings is 1. The molecule has 0 spiro atoms. The van der Waals surface area contributed by atoms with Gasteiger partial charge in [0, 0.05) is 19.6 Å². The predicted molar refractivity (Wildman–Crippen MR) is 81.4 cm³/mol. The number of anilines is 1. The summed E-state index contributed by atoms with van der Waals surface area (Å²) in [6, 6.07) is 6.27. The molecule has 1 N–H and O–H groups in total. The highest BCUT2D eigenvalue weighted by molar-refractivity contribution is 5.42. The summed E-state index contributed by atoms with van der Waals surface area (Å²) in [6.07, 6.45) is 3.51. The Morgan fingerprint density at radius 2 is 2.11 bits per heavy atom. The van der Waals surface area contributed by atoms with Crippen LogP contribution in [-0.2, 0) is 6.54 Å².